The third-order valence-electron chi connectivity index (χ3n) is 4.22. The molecule has 0 amide bonds. The number of oxazole rings is 1. The molecule has 1 saturated carbocycles. The zero-order valence-corrected chi connectivity index (χ0v) is 14.1. The van der Waals surface area contributed by atoms with E-state index in [4.69, 9.17) is 4.42 Å². The van der Waals surface area contributed by atoms with Crippen molar-refractivity contribution in [2.75, 3.05) is 0 Å². The first-order valence-electron chi connectivity index (χ1n) is 8.06. The van der Waals surface area contributed by atoms with Gasteiger partial charge in [0.1, 0.15) is 6.26 Å². The van der Waals surface area contributed by atoms with Gasteiger partial charge in [-0.25, -0.2) is 4.98 Å². The molecule has 1 aromatic carbocycles. The number of thiophene rings is 1. The van der Waals surface area contributed by atoms with Crippen LogP contribution >= 0.6 is 11.3 Å². The molecular formula is C19H20N2OS. The minimum Gasteiger partial charge on any atom is -0.444 e. The molecule has 0 N–H and O–H groups in total. The smallest absolute Gasteiger partial charge is 0.236 e. The van der Waals surface area contributed by atoms with Crippen LogP contribution in [-0.4, -0.2) is 15.9 Å². The fraction of sp³-hybridized carbons (Fsp3) is 0.316. The monoisotopic (exact) mass is 324 g/mol. The second-order valence-electron chi connectivity index (χ2n) is 6.24. The molecule has 1 fully saturated rings. The maximum Gasteiger partial charge on any atom is 0.236 e. The molecule has 3 nitrogen and oxygen atoms in total. The summed E-state index contributed by atoms with van der Waals surface area (Å²) in [5.74, 6) is 0.737. The van der Waals surface area contributed by atoms with E-state index in [0.717, 1.165) is 29.6 Å². The van der Waals surface area contributed by atoms with Crippen LogP contribution in [0, 0.1) is 6.92 Å². The van der Waals surface area contributed by atoms with E-state index < -0.39 is 0 Å². The summed E-state index contributed by atoms with van der Waals surface area (Å²) in [5, 5.41) is 2.05. The predicted molar refractivity (Wildman–Crippen MR) is 93.3 cm³/mol. The van der Waals surface area contributed by atoms with Crippen molar-refractivity contribution in [3.8, 4) is 10.8 Å². The van der Waals surface area contributed by atoms with Gasteiger partial charge in [-0.1, -0.05) is 35.9 Å². The molecule has 4 heteroatoms. The summed E-state index contributed by atoms with van der Waals surface area (Å²) in [6.07, 6.45) is 4.39. The molecule has 118 valence electrons. The highest BCUT2D eigenvalue weighted by atomic mass is 32.1. The van der Waals surface area contributed by atoms with Crippen LogP contribution in [0.1, 0.15) is 29.7 Å². The maximum absolute atomic E-state index is 5.65. The molecule has 0 radical (unpaired) electrons. The Morgan fingerprint density at radius 1 is 1.17 bits per heavy atom. The lowest BCUT2D eigenvalue weighted by atomic mass is 10.1. The quantitative estimate of drug-likeness (QED) is 0.647. The van der Waals surface area contributed by atoms with Crippen molar-refractivity contribution < 1.29 is 4.42 Å². The van der Waals surface area contributed by atoms with Gasteiger partial charge >= 0.3 is 0 Å². The van der Waals surface area contributed by atoms with Crippen LogP contribution in [0.25, 0.3) is 10.8 Å². The zero-order valence-electron chi connectivity index (χ0n) is 13.2. The first-order valence-corrected chi connectivity index (χ1v) is 8.94. The molecule has 23 heavy (non-hydrogen) atoms. The molecule has 0 saturated heterocycles. The molecule has 1 aliphatic rings. The number of benzene rings is 1. The van der Waals surface area contributed by atoms with Gasteiger partial charge in [0.2, 0.25) is 5.89 Å². The summed E-state index contributed by atoms with van der Waals surface area (Å²) in [5.41, 5.74) is 3.70. The Morgan fingerprint density at radius 3 is 2.70 bits per heavy atom. The summed E-state index contributed by atoms with van der Waals surface area (Å²) >= 11 is 1.66. The van der Waals surface area contributed by atoms with Gasteiger partial charge in [0.05, 0.1) is 10.6 Å². The molecule has 4 rings (SSSR count). The van der Waals surface area contributed by atoms with Crippen LogP contribution in [0.15, 0.2) is 52.5 Å². The van der Waals surface area contributed by atoms with E-state index >= 15 is 0 Å². The van der Waals surface area contributed by atoms with Gasteiger partial charge in [-0.2, -0.15) is 0 Å². The Bertz CT molecular complexity index is 757. The molecule has 2 heterocycles. The van der Waals surface area contributed by atoms with Crippen molar-refractivity contribution in [3.05, 3.63) is 64.9 Å². The highest BCUT2D eigenvalue weighted by molar-refractivity contribution is 7.13. The van der Waals surface area contributed by atoms with Gasteiger partial charge in [-0.05, 0) is 36.8 Å². The molecule has 0 spiro atoms. The van der Waals surface area contributed by atoms with E-state index in [-0.39, 0.29) is 0 Å². The van der Waals surface area contributed by atoms with Gasteiger partial charge < -0.3 is 4.42 Å². The highest BCUT2D eigenvalue weighted by Crippen LogP contribution is 2.30. The number of nitrogens with zero attached hydrogens (tertiary/aromatic N) is 2. The van der Waals surface area contributed by atoms with Crippen molar-refractivity contribution in [2.24, 2.45) is 0 Å². The number of hydrogen-bond donors (Lipinski definition) is 0. The number of hydrogen-bond acceptors (Lipinski definition) is 4. The van der Waals surface area contributed by atoms with Crippen LogP contribution in [0.2, 0.25) is 0 Å². The Hall–Kier alpha value is -1.91. The third-order valence-corrected chi connectivity index (χ3v) is 5.08. The lowest BCUT2D eigenvalue weighted by Crippen LogP contribution is -2.25. The Labute approximate surface area is 140 Å². The molecule has 0 bridgehead atoms. The van der Waals surface area contributed by atoms with Gasteiger partial charge in [-0.15, -0.1) is 11.3 Å². The maximum atomic E-state index is 5.65. The van der Waals surface area contributed by atoms with Gasteiger partial charge in [-0.3, -0.25) is 4.90 Å². The normalized spacial score (nSPS) is 14.5. The SMILES string of the molecule is Cc1ccc(CN(Cc2coc(-c3cccs3)n2)C2CC2)cc1. The molecule has 2 aromatic heterocycles. The van der Waals surface area contributed by atoms with E-state index in [9.17, 15) is 0 Å². The molecule has 0 aliphatic heterocycles. The predicted octanol–water partition coefficient (Wildman–Crippen LogP) is 4.88. The van der Waals surface area contributed by atoms with Crippen molar-refractivity contribution in [2.45, 2.75) is 38.9 Å². The fourth-order valence-electron chi connectivity index (χ4n) is 2.78. The topological polar surface area (TPSA) is 29.3 Å². The standard InChI is InChI=1S/C19H20N2OS/c1-14-4-6-15(7-5-14)11-21(17-8-9-17)12-16-13-22-19(20-16)18-3-2-10-23-18/h2-7,10,13,17H,8-9,11-12H2,1H3. The molecular weight excluding hydrogens is 304 g/mol. The summed E-state index contributed by atoms with van der Waals surface area (Å²) in [6, 6.07) is 13.6. The van der Waals surface area contributed by atoms with E-state index in [1.54, 1.807) is 17.6 Å². The summed E-state index contributed by atoms with van der Waals surface area (Å²) in [7, 11) is 0. The van der Waals surface area contributed by atoms with Crippen LogP contribution in [-0.2, 0) is 13.1 Å². The molecule has 0 atom stereocenters. The third kappa shape index (κ3) is 3.54. The first-order chi connectivity index (χ1) is 11.3. The summed E-state index contributed by atoms with van der Waals surface area (Å²) < 4.78 is 5.65. The van der Waals surface area contributed by atoms with Crippen molar-refractivity contribution in [3.63, 3.8) is 0 Å². The highest BCUT2D eigenvalue weighted by Gasteiger charge is 2.29. The average molecular weight is 324 g/mol. The number of aryl methyl sites for hydroxylation is 1. The fourth-order valence-corrected chi connectivity index (χ4v) is 3.44. The van der Waals surface area contributed by atoms with Crippen molar-refractivity contribution in [1.29, 1.82) is 0 Å². The summed E-state index contributed by atoms with van der Waals surface area (Å²) in [4.78, 5) is 8.27. The minimum atomic E-state index is 0.693. The second kappa shape index (κ2) is 6.30. The first kappa shape index (κ1) is 14.7. The average Bonchev–Trinajstić information content (AvgIpc) is 3.07. The largest absolute Gasteiger partial charge is 0.444 e. The van der Waals surface area contributed by atoms with E-state index in [1.807, 2.05) is 17.5 Å². The number of rotatable bonds is 6. The van der Waals surface area contributed by atoms with Gasteiger partial charge in [0.15, 0.2) is 0 Å². The number of aromatic nitrogens is 1. The summed E-state index contributed by atoms with van der Waals surface area (Å²) in [6.45, 7) is 3.96. The Morgan fingerprint density at radius 2 is 2.00 bits per heavy atom. The van der Waals surface area contributed by atoms with Crippen molar-refractivity contribution in [1.82, 2.24) is 9.88 Å². The van der Waals surface area contributed by atoms with Gasteiger partial charge in [0.25, 0.3) is 0 Å². The van der Waals surface area contributed by atoms with Crippen LogP contribution in [0.5, 0.6) is 0 Å². The van der Waals surface area contributed by atoms with Crippen LogP contribution in [0.3, 0.4) is 0 Å². The van der Waals surface area contributed by atoms with Crippen LogP contribution < -0.4 is 0 Å². The molecule has 0 unspecified atom stereocenters. The Balaban J connectivity index is 1.47. The minimum absolute atomic E-state index is 0.693. The van der Waals surface area contributed by atoms with Crippen LogP contribution in [0.4, 0.5) is 0 Å². The molecule has 3 aromatic rings. The zero-order chi connectivity index (χ0) is 15.6. The lowest BCUT2D eigenvalue weighted by Gasteiger charge is -2.20. The van der Waals surface area contributed by atoms with E-state index in [0.29, 0.717) is 6.04 Å². The Kier molecular flexibility index (Phi) is 4.02. The van der Waals surface area contributed by atoms with Crippen molar-refractivity contribution >= 4 is 11.3 Å². The van der Waals surface area contributed by atoms with Gasteiger partial charge in [0, 0.05) is 19.1 Å². The molecule has 1 aliphatic carbocycles. The lowest BCUT2D eigenvalue weighted by molar-refractivity contribution is 0.242. The van der Waals surface area contributed by atoms with E-state index in [1.165, 1.54) is 24.0 Å². The van der Waals surface area contributed by atoms with E-state index in [2.05, 4.69) is 41.1 Å². The second-order valence-corrected chi connectivity index (χ2v) is 7.19.